The number of pyridine rings is 1. The monoisotopic (exact) mass is 643 g/mol. The van der Waals surface area contributed by atoms with E-state index in [1.165, 1.54) is 22.9 Å². The van der Waals surface area contributed by atoms with Crippen LogP contribution in [-0.2, 0) is 31.1 Å². The molecule has 0 bridgehead atoms. The van der Waals surface area contributed by atoms with Gasteiger partial charge in [-0.25, -0.2) is 9.78 Å². The molecule has 2 amide bonds. The number of halogens is 3. The van der Waals surface area contributed by atoms with Gasteiger partial charge in [0.25, 0.3) is 5.91 Å². The van der Waals surface area contributed by atoms with E-state index in [4.69, 9.17) is 9.72 Å². The first-order chi connectivity index (χ1) is 22.1. The zero-order chi connectivity index (χ0) is 33.8. The normalized spacial score (nSPS) is 14.6. The summed E-state index contributed by atoms with van der Waals surface area (Å²) < 4.78 is 50.4. The summed E-state index contributed by atoms with van der Waals surface area (Å²) in [5.41, 5.74) is 1.35. The Bertz CT molecular complexity index is 1950. The maximum atomic E-state index is 14.4. The highest BCUT2D eigenvalue weighted by Gasteiger charge is 2.41. The van der Waals surface area contributed by atoms with E-state index in [1.54, 1.807) is 63.0 Å². The number of ether oxygens (including phenoxy) is 1. The van der Waals surface area contributed by atoms with Crippen LogP contribution in [0.2, 0.25) is 0 Å². The Labute approximate surface area is 269 Å². The number of carbonyl (C=O) groups excluding carboxylic acids is 2. The first-order valence-corrected chi connectivity index (χ1v) is 15.0. The van der Waals surface area contributed by atoms with Crippen LogP contribution in [0.5, 0.6) is 0 Å². The van der Waals surface area contributed by atoms with Crippen molar-refractivity contribution in [3.05, 3.63) is 82.3 Å². The van der Waals surface area contributed by atoms with Crippen molar-refractivity contribution in [1.82, 2.24) is 24.6 Å². The van der Waals surface area contributed by atoms with Gasteiger partial charge < -0.3 is 14.2 Å². The average molecular weight is 644 g/mol. The summed E-state index contributed by atoms with van der Waals surface area (Å²) in [6.45, 7) is 4.56. The van der Waals surface area contributed by atoms with E-state index in [0.717, 1.165) is 24.6 Å². The van der Waals surface area contributed by atoms with Crippen LogP contribution in [-0.4, -0.2) is 49.3 Å². The predicted octanol–water partition coefficient (Wildman–Crippen LogP) is 6.84. The van der Waals surface area contributed by atoms with Crippen LogP contribution in [0.4, 0.5) is 23.8 Å². The number of nitriles is 1. The number of rotatable bonds is 6. The number of carbonyl (C=O) groups is 2. The maximum Gasteiger partial charge on any atom is 0.416 e. The lowest BCUT2D eigenvalue weighted by molar-refractivity contribution is -0.138. The van der Waals surface area contributed by atoms with Crippen LogP contribution in [0.3, 0.4) is 0 Å². The number of amides is 2. The molecule has 1 saturated carbocycles. The van der Waals surface area contributed by atoms with Crippen LogP contribution in [0.15, 0.2) is 48.8 Å². The lowest BCUT2D eigenvalue weighted by Gasteiger charge is -2.25. The topological polar surface area (TPSA) is 117 Å². The molecule has 47 heavy (non-hydrogen) atoms. The van der Waals surface area contributed by atoms with E-state index in [9.17, 15) is 28.0 Å². The van der Waals surface area contributed by atoms with E-state index in [0.29, 0.717) is 28.1 Å². The molecule has 1 aliphatic heterocycles. The molecule has 0 spiro atoms. The molecule has 10 nitrogen and oxygen atoms in total. The highest BCUT2D eigenvalue weighted by molar-refractivity contribution is 6.10. The van der Waals surface area contributed by atoms with E-state index in [2.05, 4.69) is 16.3 Å². The van der Waals surface area contributed by atoms with Crippen LogP contribution in [0.25, 0.3) is 22.5 Å². The number of anilines is 1. The summed E-state index contributed by atoms with van der Waals surface area (Å²) in [5.74, 6) is 0.282. The average Bonchev–Trinajstić information content (AvgIpc) is 3.69. The fourth-order valence-electron chi connectivity index (χ4n) is 5.67. The van der Waals surface area contributed by atoms with Crippen molar-refractivity contribution in [1.29, 1.82) is 5.26 Å². The van der Waals surface area contributed by atoms with Crippen molar-refractivity contribution < 1.29 is 27.5 Å². The molecule has 0 unspecified atom stereocenters. The number of aryl methyl sites for hydroxylation is 1. The van der Waals surface area contributed by atoms with Gasteiger partial charge in [0, 0.05) is 43.4 Å². The molecule has 3 heterocycles. The first kappa shape index (κ1) is 31.7. The molecule has 0 radical (unpaired) electrons. The summed E-state index contributed by atoms with van der Waals surface area (Å²) in [6, 6.07) is 13.3. The van der Waals surface area contributed by atoms with Gasteiger partial charge in [0.2, 0.25) is 0 Å². The summed E-state index contributed by atoms with van der Waals surface area (Å²) in [4.78, 5) is 33.7. The minimum Gasteiger partial charge on any atom is -0.444 e. The fraction of sp³-hybridized carbons (Fsp3) is 0.353. The minimum absolute atomic E-state index is 0.0919. The maximum absolute atomic E-state index is 14.4. The second kappa shape index (κ2) is 11.5. The number of alkyl halides is 3. The largest absolute Gasteiger partial charge is 0.444 e. The number of hydrogen-bond acceptors (Lipinski definition) is 7. The highest BCUT2D eigenvalue weighted by atomic mass is 19.4. The Morgan fingerprint density at radius 1 is 1.09 bits per heavy atom. The van der Waals surface area contributed by atoms with Gasteiger partial charge >= 0.3 is 12.3 Å². The SMILES string of the molecule is CN(Cc1cc2c(c(C(F)(F)F)c1)CN(c1cc(-c3ccc(C#N)cc3-c3nncn3C)cc(C3CC3)n1)C2=O)C(=O)OC(C)(C)C. The third-order valence-corrected chi connectivity index (χ3v) is 8.05. The minimum atomic E-state index is -4.75. The molecule has 1 aliphatic carbocycles. The van der Waals surface area contributed by atoms with Crippen molar-refractivity contribution in [2.24, 2.45) is 7.05 Å². The quantitative estimate of drug-likeness (QED) is 0.226. The lowest BCUT2D eigenvalue weighted by Crippen LogP contribution is -2.34. The highest BCUT2D eigenvalue weighted by Crippen LogP contribution is 2.44. The molecule has 1 fully saturated rings. The molecule has 2 aliphatic rings. The Morgan fingerprint density at radius 3 is 2.45 bits per heavy atom. The molecule has 0 saturated heterocycles. The van der Waals surface area contributed by atoms with Gasteiger partial charge in [-0.15, -0.1) is 10.2 Å². The third kappa shape index (κ3) is 6.40. The fourth-order valence-corrected chi connectivity index (χ4v) is 5.67. The zero-order valence-electron chi connectivity index (χ0n) is 26.5. The smallest absolute Gasteiger partial charge is 0.416 e. The van der Waals surface area contributed by atoms with E-state index in [1.807, 2.05) is 6.07 Å². The van der Waals surface area contributed by atoms with E-state index in [-0.39, 0.29) is 41.5 Å². The molecule has 4 aromatic rings. The molecule has 13 heteroatoms. The number of aromatic nitrogens is 4. The second-order valence-electron chi connectivity index (χ2n) is 12.9. The van der Waals surface area contributed by atoms with Gasteiger partial charge in [-0.05, 0) is 92.3 Å². The van der Waals surface area contributed by atoms with Crippen LogP contribution in [0.1, 0.15) is 77.8 Å². The second-order valence-corrected chi connectivity index (χ2v) is 12.9. The zero-order valence-corrected chi connectivity index (χ0v) is 26.5. The van der Waals surface area contributed by atoms with E-state index >= 15 is 0 Å². The standard InChI is InChI=1S/C34H32F3N7O3/c1-33(2,3)47-32(46)42(4)16-20-11-25-26(27(12-20)34(35,36)37)17-44(31(25)45)29-14-22(13-28(40-29)21-7-8-21)23-9-6-19(15-38)10-24(23)30-41-39-18-43(30)5/h6,9-14,18,21H,7-8,16-17H2,1-5H3. The number of fused-ring (bicyclic) bond motifs is 1. The van der Waals surface area contributed by atoms with E-state index < -0.39 is 29.3 Å². The van der Waals surface area contributed by atoms with Gasteiger partial charge in [-0.1, -0.05) is 6.07 Å². The van der Waals surface area contributed by atoms with Crippen molar-refractivity contribution in [3.8, 4) is 28.6 Å². The van der Waals surface area contributed by atoms with Crippen LogP contribution >= 0.6 is 0 Å². The van der Waals surface area contributed by atoms with Crippen LogP contribution in [0, 0.1) is 11.3 Å². The molecule has 2 aromatic carbocycles. The third-order valence-electron chi connectivity index (χ3n) is 8.05. The summed E-state index contributed by atoms with van der Waals surface area (Å²) in [6.07, 6.45) is -2.09. The predicted molar refractivity (Wildman–Crippen MR) is 166 cm³/mol. The number of benzene rings is 2. The van der Waals surface area contributed by atoms with Gasteiger partial charge in [0.15, 0.2) is 5.82 Å². The van der Waals surface area contributed by atoms with Crippen molar-refractivity contribution >= 4 is 17.8 Å². The van der Waals surface area contributed by atoms with Crippen molar-refractivity contribution in [3.63, 3.8) is 0 Å². The summed E-state index contributed by atoms with van der Waals surface area (Å²) in [7, 11) is 3.21. The number of nitrogens with zero attached hydrogens (tertiary/aromatic N) is 7. The molecule has 6 rings (SSSR count). The molecular weight excluding hydrogens is 611 g/mol. The molecular formula is C34H32F3N7O3. The summed E-state index contributed by atoms with van der Waals surface area (Å²) >= 11 is 0. The lowest BCUT2D eigenvalue weighted by atomic mass is 9.96. The van der Waals surface area contributed by atoms with Gasteiger partial charge in [0.1, 0.15) is 17.7 Å². The Balaban J connectivity index is 1.41. The van der Waals surface area contributed by atoms with Gasteiger partial charge in [-0.2, -0.15) is 18.4 Å². The van der Waals surface area contributed by atoms with Gasteiger partial charge in [-0.3, -0.25) is 9.69 Å². The first-order valence-electron chi connectivity index (χ1n) is 15.0. The van der Waals surface area contributed by atoms with Crippen molar-refractivity contribution in [2.75, 3.05) is 11.9 Å². The Kier molecular flexibility index (Phi) is 7.78. The molecule has 0 atom stereocenters. The number of hydrogen-bond donors (Lipinski definition) is 0. The van der Waals surface area contributed by atoms with Crippen molar-refractivity contribution in [2.45, 2.75) is 64.4 Å². The Morgan fingerprint density at radius 2 is 1.83 bits per heavy atom. The summed E-state index contributed by atoms with van der Waals surface area (Å²) in [5, 5.41) is 17.8. The van der Waals surface area contributed by atoms with Gasteiger partial charge in [0.05, 0.1) is 23.7 Å². The Hall–Kier alpha value is -5.25. The molecule has 2 aromatic heterocycles. The molecule has 0 N–H and O–H groups in total. The molecule has 242 valence electrons. The van der Waals surface area contributed by atoms with Crippen LogP contribution < -0.4 is 4.90 Å².